The van der Waals surface area contributed by atoms with Crippen molar-refractivity contribution in [1.29, 1.82) is 0 Å². The Balaban J connectivity index is 2.71. The van der Waals surface area contributed by atoms with E-state index in [1.54, 1.807) is 18.4 Å². The van der Waals surface area contributed by atoms with E-state index in [-0.39, 0.29) is 6.04 Å². The molecule has 0 saturated heterocycles. The molecule has 0 aliphatic carbocycles. The van der Waals surface area contributed by atoms with Crippen LogP contribution in [0.2, 0.25) is 5.15 Å². The normalized spacial score (nSPS) is 14.6. The zero-order valence-electron chi connectivity index (χ0n) is 8.66. The molecule has 0 aliphatic rings. The summed E-state index contributed by atoms with van der Waals surface area (Å²) in [4.78, 5) is 4.05. The predicted octanol–water partition coefficient (Wildman–Crippen LogP) is 1.50. The first-order valence-corrected chi connectivity index (χ1v) is 6.58. The van der Waals surface area contributed by atoms with Crippen molar-refractivity contribution < 1.29 is 4.21 Å². The van der Waals surface area contributed by atoms with Crippen LogP contribution in [-0.2, 0) is 10.8 Å². The van der Waals surface area contributed by atoms with Crippen LogP contribution in [0.3, 0.4) is 0 Å². The van der Waals surface area contributed by atoms with Gasteiger partial charge in [-0.2, -0.15) is 0 Å². The predicted molar refractivity (Wildman–Crippen MR) is 65.7 cm³/mol. The Morgan fingerprint density at radius 1 is 1.67 bits per heavy atom. The molecular weight excluding hydrogens is 234 g/mol. The fourth-order valence-electron chi connectivity index (χ4n) is 1.19. The molecule has 3 N–H and O–H groups in total. The van der Waals surface area contributed by atoms with Crippen molar-refractivity contribution in [3.63, 3.8) is 0 Å². The summed E-state index contributed by atoms with van der Waals surface area (Å²) >= 11 is 5.74. The number of nitrogens with zero attached hydrogens (tertiary/aromatic N) is 1. The largest absolute Gasteiger partial charge is 0.396 e. The Bertz CT molecular complexity index is 372. The van der Waals surface area contributed by atoms with E-state index in [0.717, 1.165) is 0 Å². The van der Waals surface area contributed by atoms with E-state index >= 15 is 0 Å². The molecule has 0 aromatic carbocycles. The molecule has 4 nitrogen and oxygen atoms in total. The molecule has 0 fully saturated rings. The van der Waals surface area contributed by atoms with Gasteiger partial charge in [0.25, 0.3) is 0 Å². The van der Waals surface area contributed by atoms with Gasteiger partial charge in [-0.1, -0.05) is 11.6 Å². The Labute approximate surface area is 96.7 Å². The number of halogens is 1. The zero-order valence-corrected chi connectivity index (χ0v) is 10.2. The molecule has 0 saturated carbocycles. The molecule has 6 heteroatoms. The molecule has 0 spiro atoms. The van der Waals surface area contributed by atoms with Crippen molar-refractivity contribution in [3.05, 3.63) is 17.3 Å². The van der Waals surface area contributed by atoms with E-state index in [4.69, 9.17) is 17.3 Å². The fourth-order valence-corrected chi connectivity index (χ4v) is 2.12. The van der Waals surface area contributed by atoms with Crippen LogP contribution in [0.25, 0.3) is 0 Å². The van der Waals surface area contributed by atoms with E-state index in [2.05, 4.69) is 10.3 Å². The number of nitrogens with one attached hydrogen (secondary N) is 1. The van der Waals surface area contributed by atoms with Gasteiger partial charge in [0.15, 0.2) is 5.82 Å². The first kappa shape index (κ1) is 12.3. The van der Waals surface area contributed by atoms with Gasteiger partial charge in [-0.3, -0.25) is 4.21 Å². The van der Waals surface area contributed by atoms with Gasteiger partial charge in [-0.25, -0.2) is 4.98 Å². The van der Waals surface area contributed by atoms with Crippen LogP contribution in [0.4, 0.5) is 11.5 Å². The SMILES string of the molecule is CC(CS(C)=O)Nc1nc(Cl)ccc1N. The van der Waals surface area contributed by atoms with Crippen LogP contribution in [0.5, 0.6) is 0 Å². The summed E-state index contributed by atoms with van der Waals surface area (Å²) in [6.45, 7) is 1.92. The first-order valence-electron chi connectivity index (χ1n) is 4.47. The number of anilines is 2. The Morgan fingerprint density at radius 2 is 2.33 bits per heavy atom. The molecular formula is C9H14ClN3OS. The number of aromatic nitrogens is 1. The zero-order chi connectivity index (χ0) is 11.4. The number of hydrogen-bond donors (Lipinski definition) is 2. The van der Waals surface area contributed by atoms with Crippen molar-refractivity contribution in [2.24, 2.45) is 0 Å². The number of nitrogens with two attached hydrogens (primary N) is 1. The third-order valence-electron chi connectivity index (χ3n) is 1.76. The highest BCUT2D eigenvalue weighted by atomic mass is 35.5. The van der Waals surface area contributed by atoms with Crippen molar-refractivity contribution in [3.8, 4) is 0 Å². The highest BCUT2D eigenvalue weighted by Gasteiger charge is 2.08. The van der Waals surface area contributed by atoms with E-state index in [9.17, 15) is 4.21 Å². The molecule has 2 atom stereocenters. The van der Waals surface area contributed by atoms with Crippen molar-refractivity contribution in [1.82, 2.24) is 4.98 Å². The summed E-state index contributed by atoms with van der Waals surface area (Å²) in [5, 5.41) is 3.45. The average molecular weight is 248 g/mol. The molecule has 1 heterocycles. The molecule has 0 bridgehead atoms. The molecule has 1 rings (SSSR count). The van der Waals surface area contributed by atoms with Gasteiger partial charge < -0.3 is 11.1 Å². The highest BCUT2D eigenvalue weighted by molar-refractivity contribution is 7.84. The lowest BCUT2D eigenvalue weighted by Gasteiger charge is -2.14. The Morgan fingerprint density at radius 3 is 2.93 bits per heavy atom. The number of rotatable bonds is 4. The maximum atomic E-state index is 11.0. The molecule has 0 aliphatic heterocycles. The minimum atomic E-state index is -0.845. The average Bonchev–Trinajstić information content (AvgIpc) is 2.10. The molecule has 0 radical (unpaired) electrons. The Hall–Kier alpha value is -0.810. The second-order valence-electron chi connectivity index (χ2n) is 3.36. The van der Waals surface area contributed by atoms with Crippen LogP contribution in [0, 0.1) is 0 Å². The van der Waals surface area contributed by atoms with Gasteiger partial charge in [0.2, 0.25) is 0 Å². The standard InChI is InChI=1S/C9H14ClN3OS/c1-6(5-15(2)14)12-9-7(11)3-4-8(10)13-9/h3-4,6H,5,11H2,1-2H3,(H,12,13). The van der Waals surface area contributed by atoms with Gasteiger partial charge in [-0.05, 0) is 19.1 Å². The van der Waals surface area contributed by atoms with Crippen LogP contribution in [0.15, 0.2) is 12.1 Å². The third kappa shape index (κ3) is 4.05. The minimum absolute atomic E-state index is 0.0455. The summed E-state index contributed by atoms with van der Waals surface area (Å²) in [5.74, 6) is 1.09. The lowest BCUT2D eigenvalue weighted by Crippen LogP contribution is -2.23. The fraction of sp³-hybridized carbons (Fsp3) is 0.444. The summed E-state index contributed by atoms with van der Waals surface area (Å²) in [5.41, 5.74) is 6.24. The van der Waals surface area contributed by atoms with Gasteiger partial charge in [0.1, 0.15) is 5.15 Å². The lowest BCUT2D eigenvalue weighted by molar-refractivity contribution is 0.683. The number of nitrogen functional groups attached to an aromatic ring is 1. The van der Waals surface area contributed by atoms with Crippen molar-refractivity contribution in [2.45, 2.75) is 13.0 Å². The van der Waals surface area contributed by atoms with Crippen LogP contribution < -0.4 is 11.1 Å². The van der Waals surface area contributed by atoms with Crippen LogP contribution in [0.1, 0.15) is 6.92 Å². The molecule has 1 aromatic rings. The van der Waals surface area contributed by atoms with Gasteiger partial charge in [0.05, 0.1) is 5.69 Å². The van der Waals surface area contributed by atoms with E-state index < -0.39 is 10.8 Å². The molecule has 84 valence electrons. The number of pyridine rings is 1. The minimum Gasteiger partial charge on any atom is -0.396 e. The highest BCUT2D eigenvalue weighted by Crippen LogP contribution is 2.19. The quantitative estimate of drug-likeness (QED) is 0.792. The first-order chi connectivity index (χ1) is 6.99. The van der Waals surface area contributed by atoms with E-state index in [1.165, 1.54) is 0 Å². The van der Waals surface area contributed by atoms with Crippen molar-refractivity contribution >= 4 is 33.9 Å². The molecule has 1 aromatic heterocycles. The second-order valence-corrected chi connectivity index (χ2v) is 5.22. The summed E-state index contributed by atoms with van der Waals surface area (Å²) < 4.78 is 11.0. The molecule has 2 unspecified atom stereocenters. The molecule has 0 amide bonds. The second kappa shape index (κ2) is 5.32. The van der Waals surface area contributed by atoms with Gasteiger partial charge in [-0.15, -0.1) is 0 Å². The summed E-state index contributed by atoms with van der Waals surface area (Å²) in [6.07, 6.45) is 1.66. The maximum Gasteiger partial charge on any atom is 0.151 e. The van der Waals surface area contributed by atoms with Crippen LogP contribution in [-0.4, -0.2) is 27.2 Å². The van der Waals surface area contributed by atoms with Gasteiger partial charge in [0, 0.05) is 28.9 Å². The van der Waals surface area contributed by atoms with Crippen molar-refractivity contribution in [2.75, 3.05) is 23.1 Å². The van der Waals surface area contributed by atoms with E-state index in [1.807, 2.05) is 6.92 Å². The Kier molecular flexibility index (Phi) is 4.35. The topological polar surface area (TPSA) is 68.0 Å². The smallest absolute Gasteiger partial charge is 0.151 e. The lowest BCUT2D eigenvalue weighted by atomic mass is 10.3. The van der Waals surface area contributed by atoms with Gasteiger partial charge >= 0.3 is 0 Å². The van der Waals surface area contributed by atoms with E-state index in [0.29, 0.717) is 22.4 Å². The summed E-state index contributed by atoms with van der Waals surface area (Å²) in [6, 6.07) is 3.36. The number of hydrogen-bond acceptors (Lipinski definition) is 4. The van der Waals surface area contributed by atoms with Crippen LogP contribution >= 0.6 is 11.6 Å². The molecule has 15 heavy (non-hydrogen) atoms. The summed E-state index contributed by atoms with van der Waals surface area (Å²) in [7, 11) is -0.845. The maximum absolute atomic E-state index is 11.0. The monoisotopic (exact) mass is 247 g/mol. The third-order valence-corrected chi connectivity index (χ3v) is 2.94.